The number of anilines is 1. The molecule has 2 rings (SSSR count). The number of hydrogen-bond acceptors (Lipinski definition) is 2. The molecule has 1 atom stereocenters. The Labute approximate surface area is 101 Å². The lowest BCUT2D eigenvalue weighted by Gasteiger charge is -2.15. The van der Waals surface area contributed by atoms with Crippen molar-refractivity contribution < 1.29 is 0 Å². The minimum absolute atomic E-state index is 0.443. The highest BCUT2D eigenvalue weighted by Crippen LogP contribution is 2.34. The normalized spacial score (nSPS) is 16.6. The van der Waals surface area contributed by atoms with Crippen molar-refractivity contribution in [3.05, 3.63) is 28.8 Å². The number of nitrogens with one attached hydrogen (secondary N) is 1. The first-order valence-corrected chi connectivity index (χ1v) is 6.03. The summed E-state index contributed by atoms with van der Waals surface area (Å²) in [6.07, 6.45) is 3.94. The third-order valence-corrected chi connectivity index (χ3v) is 3.20. The van der Waals surface area contributed by atoms with Gasteiger partial charge in [0.25, 0.3) is 0 Å². The van der Waals surface area contributed by atoms with Crippen LogP contribution in [0.4, 0.5) is 5.69 Å². The molecule has 0 heterocycles. The number of benzene rings is 1. The van der Waals surface area contributed by atoms with Gasteiger partial charge in [-0.25, -0.2) is 0 Å². The maximum atomic E-state index is 8.73. The molecule has 0 spiro atoms. The van der Waals surface area contributed by atoms with Crippen LogP contribution in [0.1, 0.15) is 31.7 Å². The summed E-state index contributed by atoms with van der Waals surface area (Å²) in [4.78, 5) is 0. The van der Waals surface area contributed by atoms with Crippen molar-refractivity contribution >= 4 is 17.3 Å². The molecule has 2 nitrogen and oxygen atoms in total. The number of nitrogens with zero attached hydrogens (tertiary/aromatic N) is 1. The van der Waals surface area contributed by atoms with E-state index in [4.69, 9.17) is 16.9 Å². The third kappa shape index (κ3) is 2.90. The van der Waals surface area contributed by atoms with Crippen LogP contribution in [0.5, 0.6) is 0 Å². The Morgan fingerprint density at radius 1 is 1.56 bits per heavy atom. The zero-order chi connectivity index (χ0) is 11.5. The number of nitriles is 1. The molecule has 1 saturated carbocycles. The lowest BCUT2D eigenvalue weighted by Crippen LogP contribution is -2.15. The molecule has 16 heavy (non-hydrogen) atoms. The van der Waals surface area contributed by atoms with Crippen molar-refractivity contribution in [2.24, 2.45) is 5.92 Å². The standard InChI is InChI=1S/C13H15ClN2/c1-9(6-10-2-3-10)16-13-5-4-11(8-15)7-12(13)14/h4-5,7,9-10,16H,2-3,6H2,1H3. The van der Waals surface area contributed by atoms with Crippen molar-refractivity contribution in [2.45, 2.75) is 32.2 Å². The highest BCUT2D eigenvalue weighted by molar-refractivity contribution is 6.33. The first kappa shape index (κ1) is 11.3. The van der Waals surface area contributed by atoms with Crippen LogP contribution >= 0.6 is 11.6 Å². The molecule has 1 aliphatic rings. The molecular formula is C13H15ClN2. The number of halogens is 1. The Bertz CT molecular complexity index is 418. The fraction of sp³-hybridized carbons (Fsp3) is 0.462. The van der Waals surface area contributed by atoms with Crippen molar-refractivity contribution in [3.8, 4) is 6.07 Å². The van der Waals surface area contributed by atoms with E-state index in [1.165, 1.54) is 19.3 Å². The van der Waals surface area contributed by atoms with Gasteiger partial charge in [-0.2, -0.15) is 5.26 Å². The summed E-state index contributed by atoms with van der Waals surface area (Å²) in [6, 6.07) is 7.89. The maximum absolute atomic E-state index is 8.73. The second-order valence-corrected chi connectivity index (χ2v) is 4.94. The van der Waals surface area contributed by atoms with Gasteiger partial charge in [-0.05, 0) is 37.5 Å². The third-order valence-electron chi connectivity index (χ3n) is 2.88. The predicted molar refractivity (Wildman–Crippen MR) is 66.6 cm³/mol. The minimum Gasteiger partial charge on any atom is -0.381 e. The second kappa shape index (κ2) is 4.76. The van der Waals surface area contributed by atoms with Crippen LogP contribution < -0.4 is 5.32 Å². The Morgan fingerprint density at radius 2 is 2.31 bits per heavy atom. The van der Waals surface area contributed by atoms with Gasteiger partial charge in [0, 0.05) is 6.04 Å². The van der Waals surface area contributed by atoms with E-state index in [2.05, 4.69) is 18.3 Å². The summed E-state index contributed by atoms with van der Waals surface area (Å²) in [7, 11) is 0. The van der Waals surface area contributed by atoms with E-state index in [-0.39, 0.29) is 0 Å². The van der Waals surface area contributed by atoms with Crippen molar-refractivity contribution in [1.29, 1.82) is 5.26 Å². The molecule has 84 valence electrons. The first-order valence-electron chi connectivity index (χ1n) is 5.65. The summed E-state index contributed by atoms with van der Waals surface area (Å²) in [6.45, 7) is 2.17. The Kier molecular flexibility index (Phi) is 3.36. The van der Waals surface area contributed by atoms with E-state index in [1.807, 2.05) is 6.07 Å². The summed E-state index contributed by atoms with van der Waals surface area (Å²) < 4.78 is 0. The average molecular weight is 235 g/mol. The molecule has 0 aromatic heterocycles. The smallest absolute Gasteiger partial charge is 0.0992 e. The maximum Gasteiger partial charge on any atom is 0.0992 e. The monoisotopic (exact) mass is 234 g/mol. The fourth-order valence-electron chi connectivity index (χ4n) is 1.88. The van der Waals surface area contributed by atoms with E-state index in [1.54, 1.807) is 12.1 Å². The van der Waals surface area contributed by atoms with E-state index in [0.717, 1.165) is 11.6 Å². The average Bonchev–Trinajstić information content (AvgIpc) is 3.05. The number of hydrogen-bond donors (Lipinski definition) is 1. The van der Waals surface area contributed by atoms with E-state index in [0.29, 0.717) is 16.6 Å². The molecule has 1 aromatic rings. The van der Waals surface area contributed by atoms with Crippen LogP contribution in [-0.2, 0) is 0 Å². The molecule has 3 heteroatoms. The molecule has 0 aliphatic heterocycles. The Balaban J connectivity index is 2.00. The zero-order valence-corrected chi connectivity index (χ0v) is 10.1. The van der Waals surface area contributed by atoms with Crippen LogP contribution in [0.3, 0.4) is 0 Å². The number of rotatable bonds is 4. The van der Waals surface area contributed by atoms with E-state index < -0.39 is 0 Å². The first-order chi connectivity index (χ1) is 7.69. The van der Waals surface area contributed by atoms with Crippen LogP contribution in [0.25, 0.3) is 0 Å². The summed E-state index contributed by atoms with van der Waals surface area (Å²) in [5.41, 5.74) is 1.53. The molecule has 1 fully saturated rings. The van der Waals surface area contributed by atoms with Crippen LogP contribution in [0.2, 0.25) is 5.02 Å². The van der Waals surface area contributed by atoms with Gasteiger partial charge < -0.3 is 5.32 Å². The van der Waals surface area contributed by atoms with E-state index >= 15 is 0 Å². The van der Waals surface area contributed by atoms with Gasteiger partial charge in [0.05, 0.1) is 22.3 Å². The van der Waals surface area contributed by atoms with Gasteiger partial charge in [0.15, 0.2) is 0 Å². The fourth-order valence-corrected chi connectivity index (χ4v) is 2.11. The topological polar surface area (TPSA) is 35.8 Å². The molecule has 0 amide bonds. The molecule has 0 bridgehead atoms. The zero-order valence-electron chi connectivity index (χ0n) is 9.33. The summed E-state index contributed by atoms with van der Waals surface area (Å²) in [5.74, 6) is 0.902. The largest absolute Gasteiger partial charge is 0.381 e. The van der Waals surface area contributed by atoms with Gasteiger partial charge in [0.2, 0.25) is 0 Å². The highest BCUT2D eigenvalue weighted by Gasteiger charge is 2.23. The van der Waals surface area contributed by atoms with Crippen LogP contribution in [-0.4, -0.2) is 6.04 Å². The van der Waals surface area contributed by atoms with Gasteiger partial charge in [-0.15, -0.1) is 0 Å². The van der Waals surface area contributed by atoms with Crippen molar-refractivity contribution in [2.75, 3.05) is 5.32 Å². The highest BCUT2D eigenvalue weighted by atomic mass is 35.5. The van der Waals surface area contributed by atoms with Gasteiger partial charge >= 0.3 is 0 Å². The molecule has 1 aliphatic carbocycles. The predicted octanol–water partition coefficient (Wildman–Crippen LogP) is 3.81. The van der Waals surface area contributed by atoms with Gasteiger partial charge in [-0.1, -0.05) is 24.4 Å². The quantitative estimate of drug-likeness (QED) is 0.860. The summed E-state index contributed by atoms with van der Waals surface area (Å²) in [5, 5.41) is 12.8. The molecule has 0 saturated heterocycles. The molecular weight excluding hydrogens is 220 g/mol. The van der Waals surface area contributed by atoms with E-state index in [9.17, 15) is 0 Å². The SMILES string of the molecule is CC(CC1CC1)Nc1ccc(C#N)cc1Cl. The minimum atomic E-state index is 0.443. The Hall–Kier alpha value is -1.20. The molecule has 1 N–H and O–H groups in total. The van der Waals surface area contributed by atoms with Crippen molar-refractivity contribution in [1.82, 2.24) is 0 Å². The second-order valence-electron chi connectivity index (χ2n) is 4.53. The molecule has 1 unspecified atom stereocenters. The van der Waals surface area contributed by atoms with Crippen LogP contribution in [0.15, 0.2) is 18.2 Å². The summed E-state index contributed by atoms with van der Waals surface area (Å²) >= 11 is 6.09. The molecule has 0 radical (unpaired) electrons. The Morgan fingerprint density at radius 3 is 2.88 bits per heavy atom. The molecule has 1 aromatic carbocycles. The van der Waals surface area contributed by atoms with Crippen molar-refractivity contribution in [3.63, 3.8) is 0 Å². The lowest BCUT2D eigenvalue weighted by atomic mass is 10.1. The lowest BCUT2D eigenvalue weighted by molar-refractivity contribution is 0.642. The van der Waals surface area contributed by atoms with Gasteiger partial charge in [-0.3, -0.25) is 0 Å². The van der Waals surface area contributed by atoms with Gasteiger partial charge in [0.1, 0.15) is 0 Å². The van der Waals surface area contributed by atoms with Crippen LogP contribution in [0, 0.1) is 17.2 Å².